The molecule has 1 heterocycles. The molecule has 0 unspecified atom stereocenters. The number of carbonyl (C=O) groups is 1. The van der Waals surface area contributed by atoms with Gasteiger partial charge in [-0.25, -0.2) is 9.59 Å². The highest BCUT2D eigenvalue weighted by Gasteiger charge is 2.03. The van der Waals surface area contributed by atoms with Crippen molar-refractivity contribution in [2.24, 2.45) is 10.3 Å². The van der Waals surface area contributed by atoms with Crippen molar-refractivity contribution in [1.82, 2.24) is 9.66 Å². The van der Waals surface area contributed by atoms with E-state index in [1.807, 2.05) is 0 Å². The van der Waals surface area contributed by atoms with Crippen molar-refractivity contribution < 1.29 is 9.90 Å². The number of nitrogen functional groups attached to an aromatic ring is 1. The quantitative estimate of drug-likeness (QED) is 0.693. The summed E-state index contributed by atoms with van der Waals surface area (Å²) in [4.78, 5) is 35.7. The number of nitrogens with two attached hydrogens (primary N) is 1. The van der Waals surface area contributed by atoms with Gasteiger partial charge in [0, 0.05) is 6.07 Å². The van der Waals surface area contributed by atoms with Gasteiger partial charge in [0.15, 0.2) is 0 Å². The van der Waals surface area contributed by atoms with Crippen molar-refractivity contribution >= 4 is 17.5 Å². The molecule has 0 spiro atoms. The molecule has 0 radical (unpaired) electrons. The summed E-state index contributed by atoms with van der Waals surface area (Å²) in [6.07, 6.45) is 0. The first-order chi connectivity index (χ1) is 9.47. The van der Waals surface area contributed by atoms with E-state index in [0.29, 0.717) is 4.68 Å². The van der Waals surface area contributed by atoms with E-state index in [-0.39, 0.29) is 17.1 Å². The monoisotopic (exact) mass is 275 g/mol. The molecular formula is C11H9N5O4. The first-order valence-corrected chi connectivity index (χ1v) is 5.34. The molecule has 0 saturated carbocycles. The van der Waals surface area contributed by atoms with E-state index >= 15 is 0 Å². The van der Waals surface area contributed by atoms with Crippen LogP contribution in [0.15, 0.2) is 50.3 Å². The Labute approximate surface area is 111 Å². The lowest BCUT2D eigenvalue weighted by Crippen LogP contribution is -2.31. The van der Waals surface area contributed by atoms with Gasteiger partial charge in [0.05, 0.1) is 11.3 Å². The number of rotatable bonds is 3. The smallest absolute Gasteiger partial charge is 0.352 e. The van der Waals surface area contributed by atoms with Gasteiger partial charge in [-0.1, -0.05) is 5.22 Å². The van der Waals surface area contributed by atoms with Crippen molar-refractivity contribution in [2.45, 2.75) is 0 Å². The highest BCUT2D eigenvalue weighted by molar-refractivity contribution is 5.87. The van der Waals surface area contributed by atoms with Gasteiger partial charge in [0.2, 0.25) is 0 Å². The van der Waals surface area contributed by atoms with Crippen LogP contribution in [0.5, 0.6) is 0 Å². The van der Waals surface area contributed by atoms with Gasteiger partial charge in [-0.15, -0.1) is 9.79 Å². The number of benzene rings is 1. The standard InChI is InChI=1S/C11H9N5O4/c12-8-5-9(17)16(11(20)13-8)15-14-7-3-1-6(2-4-7)10(18)19/h1-5H,12H2,(H,13,20)(H,18,19). The van der Waals surface area contributed by atoms with Gasteiger partial charge in [-0.05, 0) is 24.3 Å². The van der Waals surface area contributed by atoms with Gasteiger partial charge in [-0.3, -0.25) is 9.78 Å². The van der Waals surface area contributed by atoms with E-state index in [4.69, 9.17) is 10.8 Å². The summed E-state index contributed by atoms with van der Waals surface area (Å²) < 4.78 is 0.501. The zero-order valence-corrected chi connectivity index (χ0v) is 9.98. The molecule has 9 heteroatoms. The fraction of sp³-hybridized carbons (Fsp3) is 0. The first-order valence-electron chi connectivity index (χ1n) is 5.34. The van der Waals surface area contributed by atoms with Crippen molar-refractivity contribution in [3.05, 3.63) is 56.7 Å². The molecule has 0 aliphatic carbocycles. The SMILES string of the molecule is Nc1cc(=O)n(N=Nc2ccc(C(=O)O)cc2)c(=O)[nH]1. The number of aromatic amines is 1. The number of carboxylic acid groups (broad SMARTS) is 1. The number of anilines is 1. The molecule has 2 rings (SSSR count). The summed E-state index contributed by atoms with van der Waals surface area (Å²) in [6.45, 7) is 0. The zero-order chi connectivity index (χ0) is 14.7. The van der Waals surface area contributed by atoms with E-state index in [1.165, 1.54) is 24.3 Å². The van der Waals surface area contributed by atoms with Crippen molar-refractivity contribution in [3.63, 3.8) is 0 Å². The van der Waals surface area contributed by atoms with E-state index in [0.717, 1.165) is 6.07 Å². The number of nitrogens with zero attached hydrogens (tertiary/aromatic N) is 3. The number of aromatic carboxylic acids is 1. The number of nitrogens with one attached hydrogen (secondary N) is 1. The Hall–Kier alpha value is -3.23. The molecule has 1 aromatic carbocycles. The predicted molar refractivity (Wildman–Crippen MR) is 69.1 cm³/mol. The first kappa shape index (κ1) is 13.2. The van der Waals surface area contributed by atoms with Crippen LogP contribution >= 0.6 is 0 Å². The Balaban J connectivity index is 2.32. The third-order valence-electron chi connectivity index (χ3n) is 2.30. The highest BCUT2D eigenvalue weighted by atomic mass is 16.4. The van der Waals surface area contributed by atoms with Crippen LogP contribution in [0.1, 0.15) is 10.4 Å². The summed E-state index contributed by atoms with van der Waals surface area (Å²) >= 11 is 0. The summed E-state index contributed by atoms with van der Waals surface area (Å²) in [5, 5.41) is 15.9. The minimum absolute atomic E-state index is 0.0720. The predicted octanol–water partition coefficient (Wildman–Crippen LogP) is 0.364. The average Bonchev–Trinajstić information content (AvgIpc) is 2.38. The minimum Gasteiger partial charge on any atom is -0.478 e. The molecular weight excluding hydrogens is 266 g/mol. The van der Waals surface area contributed by atoms with Gasteiger partial charge in [0.25, 0.3) is 5.56 Å². The van der Waals surface area contributed by atoms with Crippen molar-refractivity contribution in [3.8, 4) is 0 Å². The Morgan fingerprint density at radius 3 is 2.45 bits per heavy atom. The lowest BCUT2D eigenvalue weighted by Gasteiger charge is -1.97. The van der Waals surface area contributed by atoms with Gasteiger partial charge in [-0.2, -0.15) is 0 Å². The normalized spacial score (nSPS) is 10.8. The molecule has 0 aliphatic heterocycles. The van der Waals surface area contributed by atoms with Crippen LogP contribution in [0, 0.1) is 0 Å². The van der Waals surface area contributed by atoms with Gasteiger partial charge < -0.3 is 10.8 Å². The molecule has 20 heavy (non-hydrogen) atoms. The largest absolute Gasteiger partial charge is 0.478 e. The van der Waals surface area contributed by atoms with Crippen LogP contribution in [0.2, 0.25) is 0 Å². The molecule has 0 amide bonds. The second kappa shape index (κ2) is 5.18. The summed E-state index contributed by atoms with van der Waals surface area (Å²) in [5.74, 6) is -1.14. The summed E-state index contributed by atoms with van der Waals surface area (Å²) in [6, 6.07) is 6.43. The third kappa shape index (κ3) is 2.77. The molecule has 102 valence electrons. The minimum atomic E-state index is -1.07. The second-order valence-electron chi connectivity index (χ2n) is 3.72. The average molecular weight is 275 g/mol. The summed E-state index contributed by atoms with van der Waals surface area (Å²) in [5.41, 5.74) is 4.12. The second-order valence-corrected chi connectivity index (χ2v) is 3.72. The maximum atomic E-state index is 11.5. The fourth-order valence-corrected chi connectivity index (χ4v) is 1.36. The van der Waals surface area contributed by atoms with E-state index in [1.54, 1.807) is 0 Å². The number of hydrogen-bond donors (Lipinski definition) is 3. The maximum Gasteiger partial charge on any atom is 0.352 e. The summed E-state index contributed by atoms with van der Waals surface area (Å²) in [7, 11) is 0. The number of aromatic nitrogens is 2. The van der Waals surface area contributed by atoms with E-state index in [2.05, 4.69) is 15.3 Å². The number of carboxylic acids is 1. The molecule has 0 saturated heterocycles. The highest BCUT2D eigenvalue weighted by Crippen LogP contribution is 2.13. The van der Waals surface area contributed by atoms with E-state index in [9.17, 15) is 14.4 Å². The lowest BCUT2D eigenvalue weighted by atomic mass is 10.2. The van der Waals surface area contributed by atoms with Crippen molar-refractivity contribution in [1.29, 1.82) is 0 Å². The molecule has 9 nitrogen and oxygen atoms in total. The van der Waals surface area contributed by atoms with Crippen LogP contribution in [-0.2, 0) is 0 Å². The molecule has 0 bridgehead atoms. The van der Waals surface area contributed by atoms with Crippen molar-refractivity contribution in [2.75, 3.05) is 5.73 Å². The molecule has 0 aliphatic rings. The molecule has 1 aromatic heterocycles. The van der Waals surface area contributed by atoms with Crippen LogP contribution in [-0.4, -0.2) is 20.7 Å². The van der Waals surface area contributed by atoms with Gasteiger partial charge in [0.1, 0.15) is 5.82 Å². The molecule has 2 aromatic rings. The van der Waals surface area contributed by atoms with Crippen LogP contribution in [0.25, 0.3) is 0 Å². The van der Waals surface area contributed by atoms with Crippen LogP contribution in [0.4, 0.5) is 11.5 Å². The van der Waals surface area contributed by atoms with Crippen LogP contribution < -0.4 is 17.0 Å². The third-order valence-corrected chi connectivity index (χ3v) is 2.30. The number of hydrogen-bond acceptors (Lipinski definition) is 6. The Bertz CT molecular complexity index is 756. The molecule has 4 N–H and O–H groups in total. The Morgan fingerprint density at radius 2 is 1.90 bits per heavy atom. The number of H-pyrrole nitrogens is 1. The Morgan fingerprint density at radius 1 is 1.25 bits per heavy atom. The fourth-order valence-electron chi connectivity index (χ4n) is 1.36. The Kier molecular flexibility index (Phi) is 3.42. The molecule has 0 fully saturated rings. The topological polar surface area (TPSA) is 143 Å². The zero-order valence-electron chi connectivity index (χ0n) is 9.98. The lowest BCUT2D eigenvalue weighted by molar-refractivity contribution is 0.0697. The van der Waals surface area contributed by atoms with Crippen LogP contribution in [0.3, 0.4) is 0 Å². The van der Waals surface area contributed by atoms with E-state index < -0.39 is 17.2 Å². The maximum absolute atomic E-state index is 11.5. The van der Waals surface area contributed by atoms with Gasteiger partial charge >= 0.3 is 11.7 Å². The molecule has 0 atom stereocenters.